The molecule has 0 radical (unpaired) electrons. The van der Waals surface area contributed by atoms with Gasteiger partial charge < -0.3 is 9.47 Å². The minimum Gasteiger partial charge on any atom is -0.452 e. The van der Waals surface area contributed by atoms with Crippen LogP contribution in [-0.4, -0.2) is 11.8 Å². The summed E-state index contributed by atoms with van der Waals surface area (Å²) in [5.41, 5.74) is 2.52. The zero-order chi connectivity index (χ0) is 20.4. The monoisotopic (exact) mass is 404 g/mol. The lowest BCUT2D eigenvalue weighted by Crippen LogP contribution is -2.15. The molecule has 1 aliphatic heterocycles. The van der Waals surface area contributed by atoms with Crippen LogP contribution in [0.25, 0.3) is 6.08 Å². The minimum atomic E-state index is -0.931. The number of benzene rings is 3. The van der Waals surface area contributed by atoms with Gasteiger partial charge in [-0.1, -0.05) is 60.7 Å². The molecule has 5 heteroatoms. The van der Waals surface area contributed by atoms with Gasteiger partial charge in [-0.25, -0.2) is 4.79 Å². The van der Waals surface area contributed by atoms with E-state index in [2.05, 4.69) is 0 Å². The molecule has 0 saturated heterocycles. The molecule has 3 aromatic carbocycles. The van der Waals surface area contributed by atoms with Gasteiger partial charge in [-0.05, 0) is 36.3 Å². The molecule has 0 amide bonds. The van der Waals surface area contributed by atoms with Crippen molar-refractivity contribution in [2.75, 3.05) is 0 Å². The van der Waals surface area contributed by atoms with Crippen LogP contribution < -0.4 is 9.47 Å². The number of alkyl halides is 1. The Morgan fingerprint density at radius 1 is 1.00 bits per heavy atom. The summed E-state index contributed by atoms with van der Waals surface area (Å²) in [6, 6.07) is 21.6. The second-order valence-electron chi connectivity index (χ2n) is 6.61. The van der Waals surface area contributed by atoms with Gasteiger partial charge >= 0.3 is 5.97 Å². The lowest BCUT2D eigenvalue weighted by molar-refractivity contribution is -0.134. The first kappa shape index (κ1) is 19.0. The second kappa shape index (κ2) is 7.94. The van der Waals surface area contributed by atoms with Crippen molar-refractivity contribution in [2.45, 2.75) is 12.3 Å². The molecule has 4 rings (SSSR count). The molecule has 0 N–H and O–H groups in total. The molecular formula is C24H17ClO4. The van der Waals surface area contributed by atoms with Crippen LogP contribution in [0.5, 0.6) is 11.5 Å². The van der Waals surface area contributed by atoms with E-state index in [4.69, 9.17) is 21.1 Å². The van der Waals surface area contributed by atoms with Crippen LogP contribution in [0.3, 0.4) is 0 Å². The number of allylic oxidation sites excluding steroid dienone is 1. The topological polar surface area (TPSA) is 52.6 Å². The summed E-state index contributed by atoms with van der Waals surface area (Å²) in [7, 11) is 0. The number of Topliss-reactive ketones (excluding diaryl/α,β-unsaturated/α-hetero) is 1. The molecule has 0 fully saturated rings. The highest BCUT2D eigenvalue weighted by Gasteiger charge is 2.31. The lowest BCUT2D eigenvalue weighted by Gasteiger charge is -2.13. The van der Waals surface area contributed by atoms with E-state index < -0.39 is 11.3 Å². The first-order valence-electron chi connectivity index (χ1n) is 9.08. The molecule has 1 aliphatic rings. The number of esters is 1. The Morgan fingerprint density at radius 2 is 1.66 bits per heavy atom. The lowest BCUT2D eigenvalue weighted by atomic mass is 10.1. The van der Waals surface area contributed by atoms with Crippen molar-refractivity contribution in [3.63, 3.8) is 0 Å². The fourth-order valence-corrected chi connectivity index (χ4v) is 3.29. The Kier molecular flexibility index (Phi) is 5.19. The maximum absolute atomic E-state index is 12.7. The average molecular weight is 405 g/mol. The van der Waals surface area contributed by atoms with Gasteiger partial charge in [0, 0.05) is 5.56 Å². The van der Waals surface area contributed by atoms with Crippen LogP contribution in [-0.2, 0) is 4.79 Å². The smallest absolute Gasteiger partial charge is 0.334 e. The second-order valence-corrected chi connectivity index (χ2v) is 7.05. The predicted molar refractivity (Wildman–Crippen MR) is 111 cm³/mol. The Balaban J connectivity index is 1.58. The molecule has 144 valence electrons. The van der Waals surface area contributed by atoms with E-state index in [1.165, 1.54) is 0 Å². The fourth-order valence-electron chi connectivity index (χ4n) is 3.10. The molecule has 0 bridgehead atoms. The zero-order valence-electron chi connectivity index (χ0n) is 15.6. The summed E-state index contributed by atoms with van der Waals surface area (Å²) < 4.78 is 11.3. The third kappa shape index (κ3) is 3.80. The van der Waals surface area contributed by atoms with Crippen LogP contribution in [0.4, 0.5) is 0 Å². The van der Waals surface area contributed by atoms with Gasteiger partial charge in [0.1, 0.15) is 11.5 Å². The van der Waals surface area contributed by atoms with Crippen LogP contribution in [0, 0.1) is 6.92 Å². The van der Waals surface area contributed by atoms with Crippen molar-refractivity contribution < 1.29 is 19.1 Å². The molecule has 29 heavy (non-hydrogen) atoms. The highest BCUT2D eigenvalue weighted by molar-refractivity contribution is 6.30. The van der Waals surface area contributed by atoms with Gasteiger partial charge in [-0.15, -0.1) is 11.6 Å². The third-order valence-corrected chi connectivity index (χ3v) is 5.07. The highest BCUT2D eigenvalue weighted by Crippen LogP contribution is 2.39. The highest BCUT2D eigenvalue weighted by atomic mass is 35.5. The molecule has 4 nitrogen and oxygen atoms in total. The van der Waals surface area contributed by atoms with Crippen molar-refractivity contribution in [3.8, 4) is 11.5 Å². The number of carbonyl (C=O) groups is 2. The maximum Gasteiger partial charge on any atom is 0.334 e. The van der Waals surface area contributed by atoms with Crippen LogP contribution in [0.15, 0.2) is 78.6 Å². The number of carbonyl (C=O) groups excluding carboxylic acids is 2. The summed E-state index contributed by atoms with van der Waals surface area (Å²) in [4.78, 5) is 25.1. The third-order valence-electron chi connectivity index (χ3n) is 4.64. The van der Waals surface area contributed by atoms with Gasteiger partial charge in [0.2, 0.25) is 5.78 Å². The molecule has 1 atom stereocenters. The molecule has 0 aromatic heterocycles. The van der Waals surface area contributed by atoms with Gasteiger partial charge in [-0.2, -0.15) is 0 Å². The molecule has 3 aromatic rings. The first-order valence-corrected chi connectivity index (χ1v) is 9.52. The summed E-state index contributed by atoms with van der Waals surface area (Å²) in [5.74, 6) is 0.143. The number of ketones is 1. The van der Waals surface area contributed by atoms with Crippen LogP contribution in [0.1, 0.15) is 32.4 Å². The predicted octanol–water partition coefficient (Wildman–Crippen LogP) is 5.50. The van der Waals surface area contributed by atoms with Gasteiger partial charge in [-0.3, -0.25) is 4.79 Å². The van der Waals surface area contributed by atoms with Crippen molar-refractivity contribution >= 4 is 29.4 Å². The molecule has 0 spiro atoms. The average Bonchev–Trinajstić information content (AvgIpc) is 3.07. The number of hydrogen-bond donors (Lipinski definition) is 0. The van der Waals surface area contributed by atoms with E-state index >= 15 is 0 Å². The summed E-state index contributed by atoms with van der Waals surface area (Å²) in [6.07, 6.45) is 1.69. The Bertz CT molecular complexity index is 1100. The molecule has 0 aliphatic carbocycles. The number of fused-ring (bicyclic) bond motifs is 1. The quantitative estimate of drug-likeness (QED) is 0.249. The fraction of sp³-hybridized carbons (Fsp3) is 0.0833. The van der Waals surface area contributed by atoms with E-state index in [0.29, 0.717) is 28.2 Å². The molecule has 1 unspecified atom stereocenters. The van der Waals surface area contributed by atoms with Crippen molar-refractivity contribution in [1.29, 1.82) is 0 Å². The maximum atomic E-state index is 12.7. The largest absolute Gasteiger partial charge is 0.452 e. The van der Waals surface area contributed by atoms with E-state index in [0.717, 1.165) is 5.56 Å². The Morgan fingerprint density at radius 3 is 2.34 bits per heavy atom. The number of ether oxygens (including phenoxy) is 2. The Hall–Kier alpha value is -3.37. The van der Waals surface area contributed by atoms with Crippen molar-refractivity contribution in [2.24, 2.45) is 0 Å². The van der Waals surface area contributed by atoms with E-state index in [9.17, 15) is 9.59 Å². The minimum absolute atomic E-state index is 0.204. The van der Waals surface area contributed by atoms with E-state index in [1.54, 1.807) is 49.4 Å². The molecular weight excluding hydrogens is 388 g/mol. The molecule has 1 heterocycles. The van der Waals surface area contributed by atoms with Gasteiger partial charge in [0.05, 0.1) is 5.56 Å². The molecule has 0 saturated carbocycles. The van der Waals surface area contributed by atoms with Crippen molar-refractivity contribution in [3.05, 3.63) is 101 Å². The summed E-state index contributed by atoms with van der Waals surface area (Å²) >= 11 is 6.24. The summed E-state index contributed by atoms with van der Waals surface area (Å²) in [6.45, 7) is 1.74. The first-order chi connectivity index (χ1) is 14.0. The van der Waals surface area contributed by atoms with Gasteiger partial charge in [0.15, 0.2) is 11.1 Å². The van der Waals surface area contributed by atoms with Crippen LogP contribution in [0.2, 0.25) is 0 Å². The zero-order valence-corrected chi connectivity index (χ0v) is 16.3. The standard InChI is InChI=1S/C24H17ClO4/c1-15-19(29-24(27)21(25)17-10-6-3-7-11-17)13-12-18-22(26)20(28-23(15)18)14-16-8-4-2-5-9-16/h2-14,21H,1H3/b20-14-. The normalized spacial score (nSPS) is 15.0. The summed E-state index contributed by atoms with van der Waals surface area (Å²) in [5, 5.41) is -0.931. The number of hydrogen-bond acceptors (Lipinski definition) is 4. The SMILES string of the molecule is Cc1c(OC(=O)C(Cl)c2ccccc2)ccc2c1O/C(=C\c1ccccc1)C2=O. The Labute approximate surface area is 173 Å². The number of halogens is 1. The van der Waals surface area contributed by atoms with Gasteiger partial charge in [0.25, 0.3) is 0 Å². The number of rotatable bonds is 4. The van der Waals surface area contributed by atoms with Crippen molar-refractivity contribution in [1.82, 2.24) is 0 Å². The van der Waals surface area contributed by atoms with E-state index in [-0.39, 0.29) is 11.5 Å². The van der Waals surface area contributed by atoms with Crippen LogP contribution >= 0.6 is 11.6 Å². The van der Waals surface area contributed by atoms with E-state index in [1.807, 2.05) is 36.4 Å².